The van der Waals surface area contributed by atoms with Gasteiger partial charge < -0.3 is 4.74 Å². The van der Waals surface area contributed by atoms with Crippen LogP contribution >= 0.6 is 0 Å². The minimum Gasteiger partial charge on any atom is -0.494 e. The molecular formula is C17H15N3O2. The number of aromatic nitrogens is 3. The molecule has 2 aromatic heterocycles. The number of nitrogens with zero attached hydrogens (tertiary/aromatic N) is 3. The van der Waals surface area contributed by atoms with Gasteiger partial charge in [0.1, 0.15) is 0 Å². The summed E-state index contributed by atoms with van der Waals surface area (Å²) in [5.74, 6) is 0.447. The third-order valence-electron chi connectivity index (χ3n) is 3.35. The van der Waals surface area contributed by atoms with Crippen LogP contribution in [0.2, 0.25) is 0 Å². The monoisotopic (exact) mass is 293 g/mol. The summed E-state index contributed by atoms with van der Waals surface area (Å²) in [4.78, 5) is 16.8. The van der Waals surface area contributed by atoms with E-state index in [1.165, 1.54) is 11.8 Å². The van der Waals surface area contributed by atoms with E-state index >= 15 is 0 Å². The molecule has 3 aromatic rings. The van der Waals surface area contributed by atoms with Crippen molar-refractivity contribution in [3.63, 3.8) is 0 Å². The summed E-state index contributed by atoms with van der Waals surface area (Å²) in [5.41, 5.74) is 2.01. The zero-order valence-corrected chi connectivity index (χ0v) is 12.1. The molecule has 0 N–H and O–H groups in total. The van der Waals surface area contributed by atoms with Gasteiger partial charge in [-0.25, -0.2) is 4.68 Å². The molecule has 0 amide bonds. The van der Waals surface area contributed by atoms with Gasteiger partial charge in [0, 0.05) is 18.0 Å². The maximum atomic E-state index is 12.7. The fourth-order valence-electron chi connectivity index (χ4n) is 2.27. The molecule has 0 unspecified atom stereocenters. The van der Waals surface area contributed by atoms with Crippen molar-refractivity contribution in [2.75, 3.05) is 7.11 Å². The maximum absolute atomic E-state index is 12.7. The van der Waals surface area contributed by atoms with E-state index in [1.54, 1.807) is 24.7 Å². The number of hydrogen-bond acceptors (Lipinski definition) is 4. The number of hydrogen-bond donors (Lipinski definition) is 0. The summed E-state index contributed by atoms with van der Waals surface area (Å²) < 4.78 is 6.71. The van der Waals surface area contributed by atoms with Gasteiger partial charge >= 0.3 is 0 Å². The Morgan fingerprint density at radius 3 is 2.59 bits per heavy atom. The first-order valence-electron chi connectivity index (χ1n) is 6.88. The van der Waals surface area contributed by atoms with Gasteiger partial charge in [-0.2, -0.15) is 5.10 Å². The summed E-state index contributed by atoms with van der Waals surface area (Å²) in [6.45, 7) is 0.414. The van der Waals surface area contributed by atoms with Crippen LogP contribution in [0.3, 0.4) is 0 Å². The van der Waals surface area contributed by atoms with Gasteiger partial charge in [-0.1, -0.05) is 36.4 Å². The van der Waals surface area contributed by atoms with E-state index in [-0.39, 0.29) is 5.56 Å². The van der Waals surface area contributed by atoms with Gasteiger partial charge in [-0.3, -0.25) is 9.78 Å². The molecule has 1 aromatic carbocycles. The summed E-state index contributed by atoms with van der Waals surface area (Å²) in [6.07, 6.45) is 4.87. The van der Waals surface area contributed by atoms with Crippen LogP contribution in [0.4, 0.5) is 0 Å². The van der Waals surface area contributed by atoms with Crippen LogP contribution in [0.25, 0.3) is 11.1 Å². The summed E-state index contributed by atoms with van der Waals surface area (Å²) in [5, 5.41) is 4.19. The molecule has 5 nitrogen and oxygen atoms in total. The number of methoxy groups -OCH3 is 1. The molecule has 0 saturated carbocycles. The van der Waals surface area contributed by atoms with E-state index < -0.39 is 0 Å². The zero-order chi connectivity index (χ0) is 15.4. The lowest BCUT2D eigenvalue weighted by atomic mass is 10.1. The molecule has 22 heavy (non-hydrogen) atoms. The Kier molecular flexibility index (Phi) is 3.96. The number of rotatable bonds is 4. The van der Waals surface area contributed by atoms with Crippen molar-refractivity contribution in [1.29, 1.82) is 0 Å². The van der Waals surface area contributed by atoms with Crippen molar-refractivity contribution < 1.29 is 4.74 Å². The van der Waals surface area contributed by atoms with Crippen molar-refractivity contribution in [2.24, 2.45) is 0 Å². The Balaban J connectivity index is 2.09. The highest BCUT2D eigenvalue weighted by molar-refractivity contribution is 5.67. The molecule has 110 valence electrons. The van der Waals surface area contributed by atoms with Crippen LogP contribution in [-0.2, 0) is 6.54 Å². The zero-order valence-electron chi connectivity index (χ0n) is 12.1. The molecule has 0 fully saturated rings. The van der Waals surface area contributed by atoms with Crippen molar-refractivity contribution >= 4 is 0 Å². The van der Waals surface area contributed by atoms with Gasteiger partial charge in [0.25, 0.3) is 5.56 Å². The van der Waals surface area contributed by atoms with Crippen molar-refractivity contribution in [1.82, 2.24) is 14.8 Å². The van der Waals surface area contributed by atoms with E-state index in [0.29, 0.717) is 23.4 Å². The predicted octanol–water partition coefficient (Wildman–Crippen LogP) is 2.36. The van der Waals surface area contributed by atoms with Crippen LogP contribution < -0.4 is 10.3 Å². The van der Waals surface area contributed by atoms with E-state index in [4.69, 9.17) is 4.74 Å². The highest BCUT2D eigenvalue weighted by atomic mass is 16.5. The predicted molar refractivity (Wildman–Crippen MR) is 83.8 cm³/mol. The first-order valence-corrected chi connectivity index (χ1v) is 6.88. The van der Waals surface area contributed by atoms with Crippen molar-refractivity contribution in [3.8, 4) is 16.9 Å². The fourth-order valence-corrected chi connectivity index (χ4v) is 2.27. The fraction of sp³-hybridized carbons (Fsp3) is 0.118. The third-order valence-corrected chi connectivity index (χ3v) is 3.35. The molecule has 0 spiro atoms. The van der Waals surface area contributed by atoms with Crippen molar-refractivity contribution in [2.45, 2.75) is 6.54 Å². The maximum Gasteiger partial charge on any atom is 0.278 e. The Bertz CT molecular complexity index is 814. The normalized spacial score (nSPS) is 10.4. The van der Waals surface area contributed by atoms with E-state index in [2.05, 4.69) is 10.1 Å². The van der Waals surface area contributed by atoms with Gasteiger partial charge in [-0.15, -0.1) is 0 Å². The van der Waals surface area contributed by atoms with E-state index in [1.807, 2.05) is 36.4 Å². The van der Waals surface area contributed by atoms with Crippen LogP contribution in [0.15, 0.2) is 65.8 Å². The van der Waals surface area contributed by atoms with Crippen LogP contribution in [0, 0.1) is 0 Å². The largest absolute Gasteiger partial charge is 0.494 e. The Morgan fingerprint density at radius 2 is 1.91 bits per heavy atom. The molecule has 0 aliphatic rings. The van der Waals surface area contributed by atoms with Crippen LogP contribution in [-0.4, -0.2) is 21.9 Å². The topological polar surface area (TPSA) is 57.0 Å². The quantitative estimate of drug-likeness (QED) is 0.741. The van der Waals surface area contributed by atoms with Crippen LogP contribution in [0.5, 0.6) is 5.75 Å². The molecule has 0 atom stereocenters. The number of ether oxygens (including phenoxy) is 1. The lowest BCUT2D eigenvalue weighted by Gasteiger charge is -2.11. The summed E-state index contributed by atoms with van der Waals surface area (Å²) in [7, 11) is 1.53. The Morgan fingerprint density at radius 1 is 1.09 bits per heavy atom. The second-order valence-electron chi connectivity index (χ2n) is 4.78. The highest BCUT2D eigenvalue weighted by Crippen LogP contribution is 2.24. The van der Waals surface area contributed by atoms with Gasteiger partial charge in [0.15, 0.2) is 5.75 Å². The molecule has 0 saturated heterocycles. The molecule has 5 heteroatoms. The Labute approximate surface area is 127 Å². The standard InChI is InChI=1S/C17H15N3O2/c1-22-15-11-19-20(12-13-6-3-2-4-7-13)17(21)16(15)14-8-5-9-18-10-14/h2-11H,12H2,1H3. The van der Waals surface area contributed by atoms with Crippen LogP contribution in [0.1, 0.15) is 5.56 Å². The van der Waals surface area contributed by atoms with Gasteiger partial charge in [-0.05, 0) is 11.6 Å². The third kappa shape index (κ3) is 2.74. The first kappa shape index (κ1) is 14.0. The molecule has 0 bridgehead atoms. The van der Waals surface area contributed by atoms with Crippen molar-refractivity contribution in [3.05, 3.63) is 77.0 Å². The number of benzene rings is 1. The SMILES string of the molecule is COc1cnn(Cc2ccccc2)c(=O)c1-c1cccnc1. The lowest BCUT2D eigenvalue weighted by molar-refractivity contribution is 0.409. The smallest absolute Gasteiger partial charge is 0.278 e. The summed E-state index contributed by atoms with van der Waals surface area (Å²) in [6, 6.07) is 13.4. The minimum atomic E-state index is -0.198. The molecule has 3 rings (SSSR count). The Hall–Kier alpha value is -2.95. The van der Waals surface area contributed by atoms with Gasteiger partial charge in [0.2, 0.25) is 0 Å². The molecule has 0 aliphatic carbocycles. The van der Waals surface area contributed by atoms with E-state index in [9.17, 15) is 4.79 Å². The average molecular weight is 293 g/mol. The molecule has 2 heterocycles. The van der Waals surface area contributed by atoms with Gasteiger partial charge in [0.05, 0.1) is 25.4 Å². The van der Waals surface area contributed by atoms with E-state index in [0.717, 1.165) is 5.56 Å². The molecule has 0 radical (unpaired) electrons. The second kappa shape index (κ2) is 6.22. The summed E-state index contributed by atoms with van der Waals surface area (Å²) >= 11 is 0. The molecule has 0 aliphatic heterocycles. The average Bonchev–Trinajstić information content (AvgIpc) is 2.58. The minimum absolute atomic E-state index is 0.198. The lowest BCUT2D eigenvalue weighted by Crippen LogP contribution is -2.25. The second-order valence-corrected chi connectivity index (χ2v) is 4.78. The number of pyridine rings is 1. The molecular weight excluding hydrogens is 278 g/mol. The first-order chi connectivity index (χ1) is 10.8. The highest BCUT2D eigenvalue weighted by Gasteiger charge is 2.14.